The quantitative estimate of drug-likeness (QED) is 0.426. The van der Waals surface area contributed by atoms with Gasteiger partial charge < -0.3 is 14.9 Å². The molecule has 3 rings (SSSR count). The molecule has 8 heteroatoms. The van der Waals surface area contributed by atoms with Gasteiger partial charge in [0.15, 0.2) is 11.3 Å². The lowest BCUT2D eigenvalue weighted by atomic mass is 10.1. The summed E-state index contributed by atoms with van der Waals surface area (Å²) in [6.45, 7) is 7.41. The van der Waals surface area contributed by atoms with Crippen molar-refractivity contribution in [1.82, 2.24) is 9.80 Å². The van der Waals surface area contributed by atoms with Crippen LogP contribution in [0.4, 0.5) is 5.69 Å². The van der Waals surface area contributed by atoms with Crippen LogP contribution in [0.1, 0.15) is 20.8 Å². The molecule has 2 heterocycles. The van der Waals surface area contributed by atoms with Crippen molar-refractivity contribution in [2.75, 3.05) is 24.5 Å². The van der Waals surface area contributed by atoms with Crippen LogP contribution in [0.5, 0.6) is 0 Å². The Morgan fingerprint density at radius 1 is 1.23 bits per heavy atom. The predicted molar refractivity (Wildman–Crippen MR) is 124 cm³/mol. The molecule has 1 saturated heterocycles. The molecule has 1 amide bonds. The first-order valence-electron chi connectivity index (χ1n) is 9.85. The molecule has 1 aromatic rings. The van der Waals surface area contributed by atoms with Crippen LogP contribution in [-0.4, -0.2) is 51.8 Å². The summed E-state index contributed by atoms with van der Waals surface area (Å²) in [5, 5.41) is 21.5. The molecule has 1 aromatic carbocycles. The van der Waals surface area contributed by atoms with Gasteiger partial charge >= 0.3 is 0 Å². The van der Waals surface area contributed by atoms with Crippen molar-refractivity contribution in [1.29, 1.82) is 5.26 Å². The maximum atomic E-state index is 12.7. The summed E-state index contributed by atoms with van der Waals surface area (Å²) < 4.78 is 0. The number of allylic oxidation sites excluding steroid dienone is 4. The van der Waals surface area contributed by atoms with Crippen LogP contribution in [0.3, 0.4) is 0 Å². The van der Waals surface area contributed by atoms with Gasteiger partial charge in [0.05, 0.1) is 21.9 Å². The fraction of sp³-hybridized carbons (Fsp3) is 0.318. The van der Waals surface area contributed by atoms with E-state index in [-0.39, 0.29) is 11.5 Å². The van der Waals surface area contributed by atoms with Gasteiger partial charge in [0.1, 0.15) is 6.07 Å². The predicted octanol–water partition coefficient (Wildman–Crippen LogP) is 3.62. The van der Waals surface area contributed by atoms with Gasteiger partial charge in [-0.05, 0) is 57.3 Å². The van der Waals surface area contributed by atoms with Crippen LogP contribution in [0, 0.1) is 11.3 Å². The number of anilines is 1. The van der Waals surface area contributed by atoms with Gasteiger partial charge in [-0.25, -0.2) is 0 Å². The minimum Gasteiger partial charge on any atom is -0.369 e. The van der Waals surface area contributed by atoms with Crippen LogP contribution in [0.2, 0.25) is 0 Å². The maximum Gasteiger partial charge on any atom is 0.260 e. The molecule has 0 saturated carbocycles. The topological polar surface area (TPSA) is 70.8 Å². The zero-order chi connectivity index (χ0) is 21.8. The third-order valence-corrected chi connectivity index (χ3v) is 6.67. The molecule has 2 aliphatic rings. The van der Waals surface area contributed by atoms with Crippen LogP contribution in [0.15, 0.2) is 63.6 Å². The number of para-hydroxylation sites is 1. The van der Waals surface area contributed by atoms with Crippen molar-refractivity contribution >= 4 is 40.7 Å². The summed E-state index contributed by atoms with van der Waals surface area (Å²) >= 11 is 6.89. The molecule has 0 spiro atoms. The van der Waals surface area contributed by atoms with Crippen molar-refractivity contribution in [3.8, 4) is 6.07 Å². The van der Waals surface area contributed by atoms with Crippen LogP contribution < -0.4 is 4.90 Å². The van der Waals surface area contributed by atoms with Crippen molar-refractivity contribution in [2.45, 2.75) is 31.9 Å². The number of carbonyl (C=O) groups is 1. The zero-order valence-electron chi connectivity index (χ0n) is 17.2. The number of carbonyl (C=O) groups excluding carboxylic acids is 1. The molecule has 1 fully saturated rings. The Morgan fingerprint density at radius 3 is 2.57 bits per heavy atom. The van der Waals surface area contributed by atoms with E-state index in [2.05, 4.69) is 11.0 Å². The summed E-state index contributed by atoms with van der Waals surface area (Å²) in [4.78, 5) is 19.0. The Morgan fingerprint density at radius 2 is 1.93 bits per heavy atom. The van der Waals surface area contributed by atoms with E-state index in [1.165, 1.54) is 4.90 Å². The van der Waals surface area contributed by atoms with E-state index in [9.17, 15) is 15.2 Å². The Bertz CT molecular complexity index is 993. The smallest absolute Gasteiger partial charge is 0.260 e. The number of hydrogen-bond acceptors (Lipinski definition) is 6. The summed E-state index contributed by atoms with van der Waals surface area (Å²) in [7, 11) is 0. The zero-order valence-corrected chi connectivity index (χ0v) is 18.8. The average molecular weight is 441 g/mol. The maximum absolute atomic E-state index is 12.7. The molecule has 1 atom stereocenters. The fourth-order valence-electron chi connectivity index (χ4n) is 3.48. The van der Waals surface area contributed by atoms with Gasteiger partial charge in [0, 0.05) is 24.5 Å². The molecular weight excluding hydrogens is 416 g/mol. The molecule has 6 nitrogen and oxygen atoms in total. The minimum atomic E-state index is -1.10. The number of aliphatic hydroxyl groups excluding tert-OH is 1. The largest absolute Gasteiger partial charge is 0.369 e. The highest BCUT2D eigenvalue weighted by atomic mass is 32.2. The van der Waals surface area contributed by atoms with Gasteiger partial charge in [0.25, 0.3) is 5.91 Å². The fourth-order valence-corrected chi connectivity index (χ4v) is 5.12. The number of benzene rings is 1. The first-order valence-corrected chi connectivity index (χ1v) is 11.1. The molecule has 0 aliphatic carbocycles. The average Bonchev–Trinajstić information content (AvgIpc) is 3.12. The number of nitrogens with zero attached hydrogens (tertiary/aromatic N) is 4. The minimum absolute atomic E-state index is 0.237. The number of amides is 1. The van der Waals surface area contributed by atoms with Crippen molar-refractivity contribution in [2.24, 2.45) is 0 Å². The van der Waals surface area contributed by atoms with Crippen LogP contribution in [-0.2, 0) is 4.79 Å². The van der Waals surface area contributed by atoms with Crippen molar-refractivity contribution < 1.29 is 9.90 Å². The second kappa shape index (κ2) is 9.47. The van der Waals surface area contributed by atoms with Crippen molar-refractivity contribution in [3.63, 3.8) is 0 Å². The SMILES string of the molecule is CCN1C(=O)\C(=C/C=C/C(C#N)=C2\Sc3ccccc3N2CC)C(O)N(CC)C1=S. The van der Waals surface area contributed by atoms with E-state index in [1.54, 1.807) is 34.9 Å². The highest BCUT2D eigenvalue weighted by Gasteiger charge is 2.37. The third kappa shape index (κ3) is 3.88. The van der Waals surface area contributed by atoms with Crippen LogP contribution in [0.25, 0.3) is 0 Å². The Balaban J connectivity index is 1.93. The first kappa shape index (κ1) is 22.1. The van der Waals surface area contributed by atoms with E-state index >= 15 is 0 Å². The molecule has 30 heavy (non-hydrogen) atoms. The normalized spacial score (nSPS) is 22.2. The number of thiocarbonyl (C=S) groups is 1. The number of nitriles is 1. The standard InChI is InChI=1S/C22H24N4O2S2/c1-4-24-17-12-7-8-13-18(17)30-21(24)15(14-23)10-9-11-16-19(27)25(5-2)22(29)26(6-3)20(16)28/h7-13,19,27H,4-6H2,1-3H3/b10-9+,16-11-,21-15+. The first-order chi connectivity index (χ1) is 14.5. The molecule has 0 bridgehead atoms. The molecule has 1 N–H and O–H groups in total. The van der Waals surface area contributed by atoms with E-state index in [1.807, 2.05) is 45.0 Å². The van der Waals surface area contributed by atoms with Gasteiger partial charge in [-0.1, -0.05) is 30.0 Å². The van der Waals surface area contributed by atoms with Gasteiger partial charge in [-0.3, -0.25) is 9.69 Å². The molecule has 0 aromatic heterocycles. The summed E-state index contributed by atoms with van der Waals surface area (Å²) in [6, 6.07) is 10.3. The van der Waals surface area contributed by atoms with E-state index in [0.29, 0.717) is 23.8 Å². The lowest BCUT2D eigenvalue weighted by Crippen LogP contribution is -2.57. The van der Waals surface area contributed by atoms with Gasteiger partial charge in [0.2, 0.25) is 0 Å². The Hall–Kier alpha value is -2.60. The molecular formula is C22H24N4O2S2. The van der Waals surface area contributed by atoms with Crippen LogP contribution >= 0.6 is 24.0 Å². The summed E-state index contributed by atoms with van der Waals surface area (Å²) in [6.07, 6.45) is 3.80. The molecule has 1 unspecified atom stereocenters. The highest BCUT2D eigenvalue weighted by Crippen LogP contribution is 2.46. The summed E-state index contributed by atoms with van der Waals surface area (Å²) in [5.74, 6) is -0.312. The summed E-state index contributed by atoms with van der Waals surface area (Å²) in [5.41, 5.74) is 1.83. The van der Waals surface area contributed by atoms with Gasteiger partial charge in [-0.2, -0.15) is 5.26 Å². The number of aliphatic hydroxyl groups is 1. The number of thioether (sulfide) groups is 1. The van der Waals surface area contributed by atoms with E-state index in [0.717, 1.165) is 22.2 Å². The number of rotatable bonds is 5. The Labute approximate surface area is 186 Å². The molecule has 156 valence electrons. The third-order valence-electron chi connectivity index (χ3n) is 5.01. The lowest BCUT2D eigenvalue weighted by Gasteiger charge is -2.40. The van der Waals surface area contributed by atoms with E-state index in [4.69, 9.17) is 12.2 Å². The highest BCUT2D eigenvalue weighted by molar-refractivity contribution is 8.03. The second-order valence-electron chi connectivity index (χ2n) is 6.62. The van der Waals surface area contributed by atoms with Gasteiger partial charge in [-0.15, -0.1) is 0 Å². The van der Waals surface area contributed by atoms with Crippen molar-refractivity contribution in [3.05, 3.63) is 58.7 Å². The lowest BCUT2D eigenvalue weighted by molar-refractivity contribution is -0.128. The van der Waals surface area contributed by atoms with E-state index < -0.39 is 6.23 Å². The second-order valence-corrected chi connectivity index (χ2v) is 8.01. The number of likely N-dealkylation sites (N-methyl/N-ethyl adjacent to an activating group) is 2. The molecule has 0 radical (unpaired) electrons. The molecule has 2 aliphatic heterocycles. The number of hydrogen-bond donors (Lipinski definition) is 1. The number of fused-ring (bicyclic) bond motifs is 1. The Kier molecular flexibility index (Phi) is 6.98. The monoisotopic (exact) mass is 440 g/mol.